The number of aryl methyl sites for hydroxylation is 1. The van der Waals surface area contributed by atoms with Gasteiger partial charge in [-0.1, -0.05) is 42.1 Å². The van der Waals surface area contributed by atoms with Crippen LogP contribution in [0.4, 0.5) is 16.2 Å². The molecule has 2 aliphatic heterocycles. The summed E-state index contributed by atoms with van der Waals surface area (Å²) in [5, 5.41) is 6.72. The molecule has 172 valence electrons. The van der Waals surface area contributed by atoms with Gasteiger partial charge in [-0.15, -0.1) is 0 Å². The van der Waals surface area contributed by atoms with Crippen LogP contribution in [0.25, 0.3) is 0 Å². The fourth-order valence-corrected chi connectivity index (χ4v) is 5.09. The topological polar surface area (TPSA) is 83.0 Å². The van der Waals surface area contributed by atoms with Crippen molar-refractivity contribution in [2.24, 2.45) is 4.99 Å². The number of allylic oxidation sites excluding steroid dienone is 1. The predicted octanol–water partition coefficient (Wildman–Crippen LogP) is 5.33. The minimum absolute atomic E-state index is 0.300. The number of carbonyl (C=O) groups is 2. The van der Waals surface area contributed by atoms with Crippen molar-refractivity contribution in [2.45, 2.75) is 33.2 Å². The van der Waals surface area contributed by atoms with E-state index in [-0.39, 0.29) is 18.0 Å². The Hall–Kier alpha value is -3.26. The number of rotatable bonds is 5. The number of urea groups is 1. The third-order valence-electron chi connectivity index (χ3n) is 5.61. The number of hydrogen-bond donors (Lipinski definition) is 2. The van der Waals surface area contributed by atoms with E-state index in [0.29, 0.717) is 23.6 Å². The molecule has 2 aromatic rings. The van der Waals surface area contributed by atoms with Crippen LogP contribution >= 0.6 is 11.8 Å². The highest BCUT2D eigenvalue weighted by molar-refractivity contribution is 8.13. The molecular weight excluding hydrogens is 436 g/mol. The molecule has 33 heavy (non-hydrogen) atoms. The van der Waals surface area contributed by atoms with Gasteiger partial charge in [0.15, 0.2) is 5.17 Å². The number of para-hydroxylation sites is 1. The van der Waals surface area contributed by atoms with Gasteiger partial charge in [0, 0.05) is 23.7 Å². The van der Waals surface area contributed by atoms with Crippen LogP contribution in [-0.2, 0) is 9.53 Å². The third kappa shape index (κ3) is 5.06. The summed E-state index contributed by atoms with van der Waals surface area (Å²) in [6.45, 7) is 6.71. The smallest absolute Gasteiger partial charge is 0.338 e. The van der Waals surface area contributed by atoms with E-state index < -0.39 is 0 Å². The number of nitrogens with zero attached hydrogens (tertiary/aromatic N) is 2. The maximum Gasteiger partial charge on any atom is 0.338 e. The quantitative estimate of drug-likeness (QED) is 0.585. The van der Waals surface area contributed by atoms with E-state index in [9.17, 15) is 9.59 Å². The van der Waals surface area contributed by atoms with Crippen LogP contribution in [0, 0.1) is 6.92 Å². The number of ether oxygens (including phenoxy) is 1. The van der Waals surface area contributed by atoms with Gasteiger partial charge in [0.2, 0.25) is 0 Å². The van der Waals surface area contributed by atoms with E-state index >= 15 is 0 Å². The maximum absolute atomic E-state index is 12.9. The molecule has 0 bridgehead atoms. The van der Waals surface area contributed by atoms with Gasteiger partial charge in [-0.2, -0.15) is 0 Å². The zero-order chi connectivity index (χ0) is 23.4. The molecule has 0 saturated carbocycles. The highest BCUT2D eigenvalue weighted by Gasteiger charge is 2.37. The number of nitrogens with one attached hydrogen (secondary N) is 2. The Morgan fingerprint density at radius 3 is 2.76 bits per heavy atom. The number of anilines is 2. The number of benzene rings is 2. The Bertz CT molecular complexity index is 1130. The zero-order valence-electron chi connectivity index (χ0n) is 19.1. The molecule has 2 N–H and O–H groups in total. The lowest BCUT2D eigenvalue weighted by Gasteiger charge is -2.40. The first-order valence-electron chi connectivity index (χ1n) is 11.1. The Balaban J connectivity index is 1.62. The summed E-state index contributed by atoms with van der Waals surface area (Å²) in [6.07, 6.45) is 1.01. The lowest BCUT2D eigenvalue weighted by atomic mass is 9.94. The molecule has 2 aliphatic rings. The average molecular weight is 465 g/mol. The summed E-state index contributed by atoms with van der Waals surface area (Å²) >= 11 is 1.70. The number of amides is 2. The third-order valence-corrected chi connectivity index (χ3v) is 6.68. The van der Waals surface area contributed by atoms with Gasteiger partial charge < -0.3 is 20.3 Å². The van der Waals surface area contributed by atoms with Crippen molar-refractivity contribution in [3.05, 3.63) is 70.9 Å². The largest absolute Gasteiger partial charge is 0.463 e. The summed E-state index contributed by atoms with van der Waals surface area (Å²) in [7, 11) is 0. The minimum atomic E-state index is -0.353. The molecule has 1 fully saturated rings. The molecule has 2 aromatic carbocycles. The standard InChI is InChI=1S/C25H28N4O3S/c1-4-32-23(30)21-17(3)26-25-29(13-8-14-33-25)22(21)18-10-7-11-19(15-18)27-24(31)28-20-12-6-5-9-16(20)2/h5-7,9-12,15,22H,4,8,13-14H2,1-3H3,(H2,27,28,31)/t22-/m0/s1. The first-order valence-corrected chi connectivity index (χ1v) is 12.1. The number of amidine groups is 1. The van der Waals surface area contributed by atoms with Gasteiger partial charge in [0.25, 0.3) is 0 Å². The average Bonchev–Trinajstić information content (AvgIpc) is 2.80. The highest BCUT2D eigenvalue weighted by atomic mass is 32.2. The molecular formula is C25H28N4O3S. The summed E-state index contributed by atoms with van der Waals surface area (Å²) in [4.78, 5) is 32.4. The van der Waals surface area contributed by atoms with Crippen LogP contribution < -0.4 is 10.6 Å². The van der Waals surface area contributed by atoms with Gasteiger partial charge in [0.05, 0.1) is 23.9 Å². The van der Waals surface area contributed by atoms with Gasteiger partial charge in [0.1, 0.15) is 0 Å². The highest BCUT2D eigenvalue weighted by Crippen LogP contribution is 2.40. The van der Waals surface area contributed by atoms with E-state index in [1.807, 2.05) is 62.4 Å². The van der Waals surface area contributed by atoms with Gasteiger partial charge in [-0.25, -0.2) is 14.6 Å². The Kier molecular flexibility index (Phi) is 7.03. The number of thioether (sulfide) groups is 1. The van der Waals surface area contributed by atoms with E-state index in [1.54, 1.807) is 18.7 Å². The normalized spacial score (nSPS) is 17.7. The van der Waals surface area contributed by atoms with E-state index in [4.69, 9.17) is 9.73 Å². The van der Waals surface area contributed by atoms with Crippen LogP contribution in [-0.4, -0.2) is 41.0 Å². The lowest BCUT2D eigenvalue weighted by Crippen LogP contribution is -2.42. The van der Waals surface area contributed by atoms with E-state index in [0.717, 1.165) is 40.7 Å². The maximum atomic E-state index is 12.9. The molecule has 0 aromatic heterocycles. The number of hydrogen-bond acceptors (Lipinski definition) is 6. The van der Waals surface area contributed by atoms with Crippen LogP contribution in [0.3, 0.4) is 0 Å². The van der Waals surface area contributed by atoms with Crippen molar-refractivity contribution in [3.8, 4) is 0 Å². The van der Waals surface area contributed by atoms with Crippen LogP contribution in [0.2, 0.25) is 0 Å². The summed E-state index contributed by atoms with van der Waals surface area (Å²) < 4.78 is 5.38. The summed E-state index contributed by atoms with van der Waals surface area (Å²) in [6, 6.07) is 14.6. The Morgan fingerprint density at radius 1 is 1.15 bits per heavy atom. The van der Waals surface area contributed by atoms with Crippen molar-refractivity contribution >= 4 is 40.3 Å². The molecule has 1 atom stereocenters. The molecule has 2 amide bonds. The second-order valence-corrected chi connectivity index (χ2v) is 8.99. The van der Waals surface area contributed by atoms with Crippen molar-refractivity contribution in [3.63, 3.8) is 0 Å². The molecule has 1 saturated heterocycles. The Labute approximate surface area is 198 Å². The van der Waals surface area contributed by atoms with Gasteiger partial charge in [-0.3, -0.25) is 0 Å². The van der Waals surface area contributed by atoms with Crippen molar-refractivity contribution in [1.29, 1.82) is 0 Å². The Morgan fingerprint density at radius 2 is 1.97 bits per heavy atom. The molecule has 0 unspecified atom stereocenters. The molecule has 0 aliphatic carbocycles. The zero-order valence-corrected chi connectivity index (χ0v) is 19.9. The minimum Gasteiger partial charge on any atom is -0.463 e. The van der Waals surface area contributed by atoms with Crippen LogP contribution in [0.15, 0.2) is 64.8 Å². The second kappa shape index (κ2) is 10.1. The molecule has 7 nitrogen and oxygen atoms in total. The summed E-state index contributed by atoms with van der Waals surface area (Å²) in [5.41, 5.74) is 4.51. The van der Waals surface area contributed by atoms with Crippen molar-refractivity contribution in [2.75, 3.05) is 29.5 Å². The van der Waals surface area contributed by atoms with Gasteiger partial charge >= 0.3 is 12.0 Å². The number of esters is 1. The monoisotopic (exact) mass is 464 g/mol. The SMILES string of the molecule is CCOC(=O)C1=C(C)N=C2SCCCN2[C@H]1c1cccc(NC(=O)Nc2ccccc2C)c1. The molecule has 8 heteroatoms. The lowest BCUT2D eigenvalue weighted by molar-refractivity contribution is -0.139. The van der Waals surface area contributed by atoms with Crippen LogP contribution in [0.1, 0.15) is 37.4 Å². The van der Waals surface area contributed by atoms with Crippen molar-refractivity contribution < 1.29 is 14.3 Å². The molecule has 2 heterocycles. The predicted molar refractivity (Wildman–Crippen MR) is 134 cm³/mol. The summed E-state index contributed by atoms with van der Waals surface area (Å²) in [5.74, 6) is 0.652. The van der Waals surface area contributed by atoms with Gasteiger partial charge in [-0.05, 0) is 56.5 Å². The fourth-order valence-electron chi connectivity index (χ4n) is 4.07. The number of aliphatic imine (C=N–C) groups is 1. The van der Waals surface area contributed by atoms with Crippen LogP contribution in [0.5, 0.6) is 0 Å². The van der Waals surface area contributed by atoms with E-state index in [1.165, 1.54) is 0 Å². The fraction of sp³-hybridized carbons (Fsp3) is 0.320. The number of fused-ring (bicyclic) bond motifs is 1. The second-order valence-electron chi connectivity index (χ2n) is 7.93. The molecule has 4 rings (SSSR count). The first kappa shape index (κ1) is 22.9. The first-order chi connectivity index (χ1) is 16.0. The van der Waals surface area contributed by atoms with Crippen molar-refractivity contribution in [1.82, 2.24) is 4.90 Å². The molecule has 0 spiro atoms. The number of carbonyl (C=O) groups excluding carboxylic acids is 2. The molecule has 0 radical (unpaired) electrons. The van der Waals surface area contributed by atoms with E-state index in [2.05, 4.69) is 15.5 Å².